The number of hydrogen-bond donors (Lipinski definition) is 1. The number of benzene rings is 1. The first-order valence-corrected chi connectivity index (χ1v) is 9.12. The van der Waals surface area contributed by atoms with Gasteiger partial charge in [0.15, 0.2) is 0 Å². The Bertz CT molecular complexity index is 628. The summed E-state index contributed by atoms with van der Waals surface area (Å²) in [4.78, 5) is 30.8. The van der Waals surface area contributed by atoms with Crippen molar-refractivity contribution in [2.24, 2.45) is 5.92 Å². The van der Waals surface area contributed by atoms with Crippen LogP contribution in [0.1, 0.15) is 31.2 Å². The van der Waals surface area contributed by atoms with Gasteiger partial charge in [0.05, 0.1) is 5.92 Å². The SMILES string of the molecule is CN(Cc1ccccc1O)C(=O)[C@H]1CCCN(C(=O)N2CCCC2)C1. The summed E-state index contributed by atoms with van der Waals surface area (Å²) in [7, 11) is 1.76. The number of para-hydroxylation sites is 1. The molecule has 1 N–H and O–H groups in total. The Morgan fingerprint density at radius 3 is 2.52 bits per heavy atom. The first-order valence-electron chi connectivity index (χ1n) is 9.12. The molecule has 0 unspecified atom stereocenters. The smallest absolute Gasteiger partial charge is 0.320 e. The van der Waals surface area contributed by atoms with Gasteiger partial charge in [0.1, 0.15) is 5.75 Å². The minimum atomic E-state index is -0.156. The van der Waals surface area contributed by atoms with Crippen molar-refractivity contribution in [3.63, 3.8) is 0 Å². The average Bonchev–Trinajstić information content (AvgIpc) is 3.17. The molecular weight excluding hydrogens is 318 g/mol. The zero-order chi connectivity index (χ0) is 17.8. The van der Waals surface area contributed by atoms with Crippen LogP contribution in [0.2, 0.25) is 0 Å². The maximum atomic E-state index is 12.8. The molecule has 6 nitrogen and oxygen atoms in total. The fourth-order valence-electron chi connectivity index (χ4n) is 3.75. The fourth-order valence-corrected chi connectivity index (χ4v) is 3.75. The third kappa shape index (κ3) is 4.06. The Labute approximate surface area is 149 Å². The molecule has 2 fully saturated rings. The molecule has 25 heavy (non-hydrogen) atoms. The number of phenolic OH excluding ortho intramolecular Hbond substituents is 1. The van der Waals surface area contributed by atoms with Crippen LogP contribution in [-0.4, -0.2) is 65.0 Å². The number of carbonyl (C=O) groups is 2. The summed E-state index contributed by atoms with van der Waals surface area (Å²) >= 11 is 0. The second-order valence-electron chi connectivity index (χ2n) is 7.08. The fraction of sp³-hybridized carbons (Fsp3) is 0.579. The number of piperidine rings is 1. The van der Waals surface area contributed by atoms with E-state index in [1.54, 1.807) is 24.1 Å². The third-order valence-corrected chi connectivity index (χ3v) is 5.19. The van der Waals surface area contributed by atoms with Crippen molar-refractivity contribution in [3.8, 4) is 5.75 Å². The van der Waals surface area contributed by atoms with Gasteiger partial charge in [-0.25, -0.2) is 4.79 Å². The van der Waals surface area contributed by atoms with Gasteiger partial charge in [-0.3, -0.25) is 4.79 Å². The van der Waals surface area contributed by atoms with E-state index >= 15 is 0 Å². The van der Waals surface area contributed by atoms with Crippen molar-refractivity contribution < 1.29 is 14.7 Å². The van der Waals surface area contributed by atoms with E-state index in [1.807, 2.05) is 21.9 Å². The van der Waals surface area contributed by atoms with Crippen LogP contribution in [0.3, 0.4) is 0 Å². The Balaban J connectivity index is 1.59. The molecular formula is C19H27N3O3. The van der Waals surface area contributed by atoms with Crippen LogP contribution >= 0.6 is 0 Å². The second-order valence-corrected chi connectivity index (χ2v) is 7.08. The van der Waals surface area contributed by atoms with Gasteiger partial charge in [0.25, 0.3) is 0 Å². The number of likely N-dealkylation sites (tertiary alicyclic amines) is 2. The Hall–Kier alpha value is -2.24. The summed E-state index contributed by atoms with van der Waals surface area (Å²) in [5.74, 6) is 0.0926. The van der Waals surface area contributed by atoms with Crippen molar-refractivity contribution in [1.82, 2.24) is 14.7 Å². The Kier molecular flexibility index (Phi) is 5.46. The maximum Gasteiger partial charge on any atom is 0.320 e. The molecule has 136 valence electrons. The molecule has 1 aromatic carbocycles. The summed E-state index contributed by atoms with van der Waals surface area (Å²) < 4.78 is 0. The lowest BCUT2D eigenvalue weighted by Crippen LogP contribution is -2.49. The van der Waals surface area contributed by atoms with Crippen LogP contribution in [0.4, 0.5) is 4.79 Å². The molecule has 0 bridgehead atoms. The first-order chi connectivity index (χ1) is 12.1. The average molecular weight is 345 g/mol. The lowest BCUT2D eigenvalue weighted by Gasteiger charge is -2.36. The van der Waals surface area contributed by atoms with Gasteiger partial charge in [-0.15, -0.1) is 0 Å². The van der Waals surface area contributed by atoms with Gasteiger partial charge in [0, 0.05) is 45.3 Å². The molecule has 0 aromatic heterocycles. The van der Waals surface area contributed by atoms with Crippen LogP contribution in [0.25, 0.3) is 0 Å². The minimum absolute atomic E-state index is 0.0437. The van der Waals surface area contributed by atoms with E-state index in [-0.39, 0.29) is 23.6 Å². The lowest BCUT2D eigenvalue weighted by molar-refractivity contribution is -0.136. The quantitative estimate of drug-likeness (QED) is 0.914. The van der Waals surface area contributed by atoms with E-state index in [2.05, 4.69) is 0 Å². The van der Waals surface area contributed by atoms with Crippen molar-refractivity contribution in [2.45, 2.75) is 32.2 Å². The normalized spacial score (nSPS) is 20.6. The van der Waals surface area contributed by atoms with Gasteiger partial charge >= 0.3 is 6.03 Å². The molecule has 2 saturated heterocycles. The minimum Gasteiger partial charge on any atom is -0.508 e. The molecule has 0 aliphatic carbocycles. The molecule has 0 spiro atoms. The zero-order valence-corrected chi connectivity index (χ0v) is 14.9. The van der Waals surface area contributed by atoms with E-state index < -0.39 is 0 Å². The van der Waals surface area contributed by atoms with Gasteiger partial charge in [0.2, 0.25) is 5.91 Å². The molecule has 3 rings (SSSR count). The third-order valence-electron chi connectivity index (χ3n) is 5.19. The number of nitrogens with zero attached hydrogens (tertiary/aromatic N) is 3. The summed E-state index contributed by atoms with van der Waals surface area (Å²) in [6.07, 6.45) is 3.82. The predicted octanol–water partition coefficient (Wildman–Crippen LogP) is 2.28. The van der Waals surface area contributed by atoms with Crippen LogP contribution < -0.4 is 0 Å². The van der Waals surface area contributed by atoms with Gasteiger partial charge < -0.3 is 19.8 Å². The topological polar surface area (TPSA) is 64.1 Å². The van der Waals surface area contributed by atoms with Crippen LogP contribution in [0.15, 0.2) is 24.3 Å². The van der Waals surface area contributed by atoms with E-state index in [0.29, 0.717) is 13.1 Å². The van der Waals surface area contributed by atoms with Gasteiger partial charge in [-0.2, -0.15) is 0 Å². The predicted molar refractivity (Wildman–Crippen MR) is 95.1 cm³/mol. The van der Waals surface area contributed by atoms with Crippen LogP contribution in [0, 0.1) is 5.92 Å². The summed E-state index contributed by atoms with van der Waals surface area (Å²) in [6, 6.07) is 7.15. The number of carbonyl (C=O) groups excluding carboxylic acids is 2. The summed E-state index contributed by atoms with van der Waals surface area (Å²) in [6.45, 7) is 3.28. The highest BCUT2D eigenvalue weighted by Gasteiger charge is 2.32. The summed E-state index contributed by atoms with van der Waals surface area (Å²) in [5, 5.41) is 9.89. The Morgan fingerprint density at radius 2 is 1.80 bits per heavy atom. The number of phenols is 1. The molecule has 0 saturated carbocycles. The molecule has 2 aliphatic heterocycles. The number of aromatic hydroxyl groups is 1. The second kappa shape index (κ2) is 7.76. The van der Waals surface area contributed by atoms with E-state index in [9.17, 15) is 14.7 Å². The summed E-state index contributed by atoms with van der Waals surface area (Å²) in [5.41, 5.74) is 0.735. The molecule has 0 radical (unpaired) electrons. The van der Waals surface area contributed by atoms with E-state index in [1.165, 1.54) is 0 Å². The van der Waals surface area contributed by atoms with Crippen molar-refractivity contribution in [3.05, 3.63) is 29.8 Å². The van der Waals surface area contributed by atoms with Crippen molar-refractivity contribution in [2.75, 3.05) is 33.2 Å². The van der Waals surface area contributed by atoms with Crippen molar-refractivity contribution in [1.29, 1.82) is 0 Å². The number of rotatable bonds is 3. The molecule has 1 aromatic rings. The Morgan fingerprint density at radius 1 is 1.12 bits per heavy atom. The molecule has 2 heterocycles. The number of hydrogen-bond acceptors (Lipinski definition) is 3. The highest BCUT2D eigenvalue weighted by molar-refractivity contribution is 5.81. The van der Waals surface area contributed by atoms with E-state index in [0.717, 1.165) is 50.9 Å². The molecule has 1 atom stereocenters. The van der Waals surface area contributed by atoms with Gasteiger partial charge in [-0.05, 0) is 31.7 Å². The molecule has 2 aliphatic rings. The highest BCUT2D eigenvalue weighted by atomic mass is 16.3. The number of urea groups is 1. The lowest BCUT2D eigenvalue weighted by atomic mass is 9.96. The molecule has 3 amide bonds. The highest BCUT2D eigenvalue weighted by Crippen LogP contribution is 2.23. The number of amides is 3. The standard InChI is InChI=1S/C19H27N3O3/c1-20(13-15-7-2-3-9-17(15)23)18(24)16-8-6-12-22(14-16)19(25)21-10-4-5-11-21/h2-3,7,9,16,23H,4-6,8,10-14H2,1H3/t16-/m0/s1. The van der Waals surface area contributed by atoms with Crippen LogP contribution in [-0.2, 0) is 11.3 Å². The maximum absolute atomic E-state index is 12.8. The van der Waals surface area contributed by atoms with E-state index in [4.69, 9.17) is 0 Å². The molecule has 6 heteroatoms. The van der Waals surface area contributed by atoms with Crippen molar-refractivity contribution >= 4 is 11.9 Å². The first kappa shape index (κ1) is 17.6. The zero-order valence-electron chi connectivity index (χ0n) is 14.9. The van der Waals surface area contributed by atoms with Crippen LogP contribution in [0.5, 0.6) is 5.75 Å². The van der Waals surface area contributed by atoms with Gasteiger partial charge in [-0.1, -0.05) is 18.2 Å². The monoisotopic (exact) mass is 345 g/mol. The largest absolute Gasteiger partial charge is 0.508 e.